The molecule has 11 heteroatoms. The maximum absolute atomic E-state index is 13.1. The molecule has 2 aromatic carbocycles. The number of rotatable bonds is 9. The number of carbonyl (C=O) groups is 1. The summed E-state index contributed by atoms with van der Waals surface area (Å²) in [7, 11) is 1.32. The number of nitrogens with one attached hydrogen (secondary N) is 2. The summed E-state index contributed by atoms with van der Waals surface area (Å²) in [4.78, 5) is 27.2. The van der Waals surface area contributed by atoms with E-state index in [0.717, 1.165) is 36.8 Å². The Hall–Kier alpha value is -3.70. The van der Waals surface area contributed by atoms with Crippen LogP contribution in [0.5, 0.6) is 0 Å². The molecule has 3 heterocycles. The third kappa shape index (κ3) is 6.20. The number of halogens is 3. The Kier molecular flexibility index (Phi) is 8.22. The third-order valence-electron chi connectivity index (χ3n) is 7.25. The first-order chi connectivity index (χ1) is 19.2. The van der Waals surface area contributed by atoms with E-state index in [1.54, 1.807) is 18.2 Å². The molecule has 40 heavy (non-hydrogen) atoms. The molecule has 1 saturated heterocycles. The van der Waals surface area contributed by atoms with E-state index in [1.165, 1.54) is 44.6 Å². The van der Waals surface area contributed by atoms with Gasteiger partial charge in [0.25, 0.3) is 0 Å². The number of hydrogen-bond donors (Lipinski definition) is 3. The summed E-state index contributed by atoms with van der Waals surface area (Å²) in [5.41, 5.74) is 1.94. The number of aromatic amines is 1. The van der Waals surface area contributed by atoms with E-state index in [4.69, 9.17) is 9.72 Å². The highest BCUT2D eigenvalue weighted by Gasteiger charge is 2.39. The van der Waals surface area contributed by atoms with Crippen LogP contribution in [-0.4, -0.2) is 70.4 Å². The van der Waals surface area contributed by atoms with Gasteiger partial charge in [-0.05, 0) is 62.2 Å². The van der Waals surface area contributed by atoms with Crippen LogP contribution in [0.1, 0.15) is 59.1 Å². The van der Waals surface area contributed by atoms with Crippen molar-refractivity contribution in [1.29, 1.82) is 0 Å². The monoisotopic (exact) mass is 555 g/mol. The highest BCUT2D eigenvalue weighted by molar-refractivity contribution is 6.12. The molecule has 0 saturated carbocycles. The average Bonchev–Trinajstić information content (AvgIpc) is 3.32. The van der Waals surface area contributed by atoms with Crippen LogP contribution < -0.4 is 5.32 Å². The fourth-order valence-corrected chi connectivity index (χ4v) is 5.23. The number of piperidine rings is 1. The Morgan fingerprint density at radius 3 is 2.70 bits per heavy atom. The van der Waals surface area contributed by atoms with Gasteiger partial charge in [0, 0.05) is 23.9 Å². The lowest BCUT2D eigenvalue weighted by Crippen LogP contribution is -2.31. The number of aliphatic hydroxyl groups excluding tert-OH is 1. The number of alkyl halides is 3. The second kappa shape index (κ2) is 11.8. The fourth-order valence-electron chi connectivity index (χ4n) is 5.23. The summed E-state index contributed by atoms with van der Waals surface area (Å²) >= 11 is 0. The van der Waals surface area contributed by atoms with Crippen molar-refractivity contribution in [1.82, 2.24) is 19.9 Å². The van der Waals surface area contributed by atoms with Crippen LogP contribution in [0.2, 0.25) is 0 Å². The molecule has 0 aliphatic carbocycles. The van der Waals surface area contributed by atoms with Crippen LogP contribution in [0.3, 0.4) is 0 Å². The van der Waals surface area contributed by atoms with Gasteiger partial charge in [-0.3, -0.25) is 0 Å². The van der Waals surface area contributed by atoms with E-state index >= 15 is 0 Å². The van der Waals surface area contributed by atoms with E-state index in [9.17, 15) is 23.1 Å². The number of anilines is 1. The molecule has 0 bridgehead atoms. The Labute approximate surface area is 229 Å². The van der Waals surface area contributed by atoms with Crippen molar-refractivity contribution in [2.75, 3.05) is 38.6 Å². The zero-order valence-electron chi connectivity index (χ0n) is 22.2. The highest BCUT2D eigenvalue weighted by atomic mass is 19.4. The lowest BCUT2D eigenvalue weighted by Gasteiger charge is -2.26. The van der Waals surface area contributed by atoms with Gasteiger partial charge in [-0.25, -0.2) is 14.8 Å². The van der Waals surface area contributed by atoms with E-state index in [1.807, 2.05) is 6.07 Å². The van der Waals surface area contributed by atoms with Gasteiger partial charge in [0.05, 0.1) is 18.1 Å². The van der Waals surface area contributed by atoms with Crippen molar-refractivity contribution < 1.29 is 27.8 Å². The second-order valence-electron chi connectivity index (χ2n) is 10.1. The Morgan fingerprint density at radius 1 is 1.15 bits per heavy atom. The molecule has 2 aromatic heterocycles. The van der Waals surface area contributed by atoms with Gasteiger partial charge < -0.3 is 25.0 Å². The van der Waals surface area contributed by atoms with Crippen LogP contribution in [-0.2, 0) is 11.2 Å². The molecule has 1 atom stereocenters. The summed E-state index contributed by atoms with van der Waals surface area (Å²) in [5.74, 6) is 0.566. The van der Waals surface area contributed by atoms with Crippen LogP contribution >= 0.6 is 0 Å². The number of hydrogen-bond acceptors (Lipinski definition) is 7. The van der Waals surface area contributed by atoms with Crippen LogP contribution in [0, 0.1) is 0 Å². The number of likely N-dealkylation sites (tertiary alicyclic amines) is 1. The van der Waals surface area contributed by atoms with Crippen molar-refractivity contribution in [3.05, 3.63) is 65.0 Å². The quantitative estimate of drug-likeness (QED) is 0.188. The summed E-state index contributed by atoms with van der Waals surface area (Å²) in [6, 6.07) is 10.9. The fraction of sp³-hybridized carbons (Fsp3) is 0.414. The number of esters is 1. The van der Waals surface area contributed by atoms with Gasteiger partial charge >= 0.3 is 12.1 Å². The predicted octanol–water partition coefficient (Wildman–Crippen LogP) is 5.37. The molecular weight excluding hydrogens is 523 g/mol. The van der Waals surface area contributed by atoms with Crippen molar-refractivity contribution in [2.45, 2.75) is 44.4 Å². The van der Waals surface area contributed by atoms with Crippen molar-refractivity contribution in [3.63, 3.8) is 0 Å². The minimum absolute atomic E-state index is 0.166. The maximum atomic E-state index is 13.1. The molecule has 1 unspecified atom stereocenters. The number of H-pyrrole nitrogens is 1. The normalized spacial score (nSPS) is 15.4. The van der Waals surface area contributed by atoms with E-state index in [-0.39, 0.29) is 12.0 Å². The molecule has 0 spiro atoms. The molecule has 3 N–H and O–H groups in total. The molecule has 1 aliphatic heterocycles. The number of nitrogens with zero attached hydrogens (tertiary/aromatic N) is 3. The molecule has 5 rings (SSSR count). The first-order valence-corrected chi connectivity index (χ1v) is 13.4. The van der Waals surface area contributed by atoms with Gasteiger partial charge in [-0.1, -0.05) is 36.8 Å². The lowest BCUT2D eigenvalue weighted by molar-refractivity contribution is -0.206. The molecule has 0 amide bonds. The summed E-state index contributed by atoms with van der Waals surface area (Å²) < 4.78 is 44.1. The molecule has 4 aromatic rings. The molecule has 1 aliphatic rings. The number of fused-ring (bicyclic) bond motifs is 3. The Bertz CT molecular complexity index is 1500. The minimum Gasteiger partial charge on any atom is -0.465 e. The third-order valence-corrected chi connectivity index (χ3v) is 7.25. The number of aliphatic hydroxyl groups is 1. The largest absolute Gasteiger partial charge is 0.465 e. The summed E-state index contributed by atoms with van der Waals surface area (Å²) in [6.45, 7) is 3.91. The van der Waals surface area contributed by atoms with Gasteiger partial charge in [0.2, 0.25) is 0 Å². The molecule has 0 radical (unpaired) electrons. The first kappa shape index (κ1) is 27.9. The standard InChI is InChI=1S/C29H32F3N5O3/c1-40-28(39)20-9-10-21-22(17-20)34-27-24(21)26(33-11-6-14-37-12-3-2-4-13-37)35-23(36-27)16-18-7-5-8-19(15-18)25(38)29(30,31)32/h5,7-10,15,17,25,38H,2-4,6,11-14,16H2,1H3,(H2,33,34,35,36). The number of aromatic nitrogens is 3. The second-order valence-corrected chi connectivity index (χ2v) is 10.1. The topological polar surface area (TPSA) is 103 Å². The molecule has 1 fully saturated rings. The SMILES string of the molecule is COC(=O)c1ccc2c(c1)[nH]c1nc(Cc3cccc(C(O)C(F)(F)F)c3)nc(NCCCN3CCCCC3)c12. The van der Waals surface area contributed by atoms with Crippen molar-refractivity contribution >= 4 is 33.7 Å². The zero-order valence-corrected chi connectivity index (χ0v) is 22.2. The zero-order chi connectivity index (χ0) is 28.3. The molecule has 8 nitrogen and oxygen atoms in total. The Morgan fingerprint density at radius 2 is 1.95 bits per heavy atom. The first-order valence-electron chi connectivity index (χ1n) is 13.4. The molecular formula is C29H32F3N5O3. The van der Waals surface area contributed by atoms with Crippen molar-refractivity contribution in [2.24, 2.45) is 0 Å². The van der Waals surface area contributed by atoms with E-state index in [0.29, 0.717) is 40.5 Å². The van der Waals surface area contributed by atoms with Gasteiger partial charge in [-0.2, -0.15) is 13.2 Å². The minimum atomic E-state index is -4.76. The summed E-state index contributed by atoms with van der Waals surface area (Å²) in [5, 5.41) is 14.8. The number of carbonyl (C=O) groups excluding carboxylic acids is 1. The van der Waals surface area contributed by atoms with Gasteiger partial charge in [-0.15, -0.1) is 0 Å². The number of methoxy groups -OCH3 is 1. The smallest absolute Gasteiger partial charge is 0.418 e. The number of ether oxygens (including phenoxy) is 1. The van der Waals surface area contributed by atoms with Gasteiger partial charge in [0.15, 0.2) is 6.10 Å². The summed E-state index contributed by atoms with van der Waals surface area (Å²) in [6.07, 6.45) is -2.49. The predicted molar refractivity (Wildman–Crippen MR) is 146 cm³/mol. The molecule has 212 valence electrons. The van der Waals surface area contributed by atoms with Crippen LogP contribution in [0.25, 0.3) is 21.9 Å². The van der Waals surface area contributed by atoms with Crippen LogP contribution in [0.15, 0.2) is 42.5 Å². The Balaban J connectivity index is 1.45. The van der Waals surface area contributed by atoms with E-state index in [2.05, 4.69) is 20.2 Å². The van der Waals surface area contributed by atoms with Gasteiger partial charge in [0.1, 0.15) is 17.3 Å². The van der Waals surface area contributed by atoms with E-state index < -0.39 is 18.2 Å². The van der Waals surface area contributed by atoms with Crippen molar-refractivity contribution in [3.8, 4) is 0 Å². The average molecular weight is 556 g/mol. The lowest BCUT2D eigenvalue weighted by atomic mass is 10.0. The van der Waals surface area contributed by atoms with Crippen LogP contribution in [0.4, 0.5) is 19.0 Å². The number of benzene rings is 2. The highest BCUT2D eigenvalue weighted by Crippen LogP contribution is 2.34. The maximum Gasteiger partial charge on any atom is 0.418 e.